The summed E-state index contributed by atoms with van der Waals surface area (Å²) in [4.78, 5) is 23.2. The first-order valence-electron chi connectivity index (χ1n) is 6.00. The smallest absolute Gasteiger partial charge is 0.241 e. The fourth-order valence-corrected chi connectivity index (χ4v) is 1.53. The summed E-state index contributed by atoms with van der Waals surface area (Å²) in [6.45, 7) is 1.74. The lowest BCUT2D eigenvalue weighted by Gasteiger charge is -2.07. The minimum absolute atomic E-state index is 0.00471. The Morgan fingerprint density at radius 3 is 2.44 bits per heavy atom. The second-order valence-electron chi connectivity index (χ2n) is 4.45. The number of amides is 1. The second-order valence-corrected chi connectivity index (χ2v) is 4.45. The van der Waals surface area contributed by atoms with Crippen LogP contribution in [0, 0.1) is 5.92 Å². The average molecular weight is 244 g/mol. The van der Waals surface area contributed by atoms with Crippen LogP contribution in [0.15, 0.2) is 42.1 Å². The van der Waals surface area contributed by atoms with E-state index in [-0.39, 0.29) is 17.6 Å². The first-order chi connectivity index (χ1) is 8.66. The molecule has 1 saturated carbocycles. The molecule has 1 aliphatic carbocycles. The summed E-state index contributed by atoms with van der Waals surface area (Å²) in [5.41, 5.74) is 6.59. The van der Waals surface area contributed by atoms with E-state index in [1.165, 1.54) is 6.08 Å². The molecule has 0 saturated heterocycles. The van der Waals surface area contributed by atoms with Crippen molar-refractivity contribution < 1.29 is 9.59 Å². The molecule has 18 heavy (non-hydrogen) atoms. The standard InChI is InChI=1S/C14H16N2O2/c1-10(15-16-14(18)12-7-8-12)9-13(17)11-5-3-2-4-6-11/h2-6,9,12,15H,7-8H2,1H3,(H,16,18)/b10-9-. The zero-order chi connectivity index (χ0) is 13.0. The van der Waals surface area contributed by atoms with E-state index in [2.05, 4.69) is 10.9 Å². The number of nitrogens with one attached hydrogen (secondary N) is 2. The quantitative estimate of drug-likeness (QED) is 0.472. The molecule has 0 unspecified atom stereocenters. The third kappa shape index (κ3) is 3.45. The number of carbonyl (C=O) groups is 2. The van der Waals surface area contributed by atoms with E-state index in [1.54, 1.807) is 19.1 Å². The molecular formula is C14H16N2O2. The van der Waals surface area contributed by atoms with Crippen molar-refractivity contribution in [3.63, 3.8) is 0 Å². The van der Waals surface area contributed by atoms with Crippen LogP contribution in [-0.2, 0) is 4.79 Å². The molecule has 1 aromatic rings. The van der Waals surface area contributed by atoms with E-state index >= 15 is 0 Å². The topological polar surface area (TPSA) is 58.2 Å². The molecule has 94 valence electrons. The molecular weight excluding hydrogens is 228 g/mol. The highest BCUT2D eigenvalue weighted by molar-refractivity contribution is 6.04. The van der Waals surface area contributed by atoms with Gasteiger partial charge in [0.2, 0.25) is 5.91 Å². The van der Waals surface area contributed by atoms with Crippen LogP contribution in [0.5, 0.6) is 0 Å². The van der Waals surface area contributed by atoms with Gasteiger partial charge in [-0.15, -0.1) is 0 Å². The van der Waals surface area contributed by atoms with Crippen molar-refractivity contribution in [2.75, 3.05) is 0 Å². The second kappa shape index (κ2) is 5.49. The maximum absolute atomic E-state index is 11.8. The van der Waals surface area contributed by atoms with E-state index in [0.29, 0.717) is 11.3 Å². The van der Waals surface area contributed by atoms with Gasteiger partial charge in [0.1, 0.15) is 0 Å². The maximum Gasteiger partial charge on any atom is 0.241 e. The zero-order valence-corrected chi connectivity index (χ0v) is 10.3. The largest absolute Gasteiger partial charge is 0.303 e. The molecule has 1 aromatic carbocycles. The van der Waals surface area contributed by atoms with Gasteiger partial charge in [-0.3, -0.25) is 15.0 Å². The van der Waals surface area contributed by atoms with Crippen LogP contribution in [0.25, 0.3) is 0 Å². The minimum atomic E-state index is -0.0822. The molecule has 4 nitrogen and oxygen atoms in total. The normalized spacial score (nSPS) is 15.1. The van der Waals surface area contributed by atoms with Gasteiger partial charge in [0.25, 0.3) is 0 Å². The summed E-state index contributed by atoms with van der Waals surface area (Å²) < 4.78 is 0. The highest BCUT2D eigenvalue weighted by Gasteiger charge is 2.29. The summed E-state index contributed by atoms with van der Waals surface area (Å²) >= 11 is 0. The van der Waals surface area contributed by atoms with Crippen LogP contribution < -0.4 is 10.9 Å². The molecule has 1 amide bonds. The zero-order valence-electron chi connectivity index (χ0n) is 10.3. The predicted molar refractivity (Wildman–Crippen MR) is 68.5 cm³/mol. The Morgan fingerprint density at radius 2 is 1.83 bits per heavy atom. The van der Waals surface area contributed by atoms with E-state index in [4.69, 9.17) is 0 Å². The molecule has 2 N–H and O–H groups in total. The highest BCUT2D eigenvalue weighted by atomic mass is 16.2. The van der Waals surface area contributed by atoms with Crippen LogP contribution >= 0.6 is 0 Å². The van der Waals surface area contributed by atoms with Gasteiger partial charge in [0, 0.05) is 23.3 Å². The van der Waals surface area contributed by atoms with Crippen LogP contribution in [0.3, 0.4) is 0 Å². The molecule has 0 atom stereocenters. The minimum Gasteiger partial charge on any atom is -0.303 e. The molecule has 0 radical (unpaired) electrons. The van der Waals surface area contributed by atoms with E-state index in [0.717, 1.165) is 12.8 Å². The third-order valence-corrected chi connectivity index (χ3v) is 2.74. The van der Waals surface area contributed by atoms with Crippen molar-refractivity contribution >= 4 is 11.7 Å². The predicted octanol–water partition coefficient (Wildman–Crippen LogP) is 1.80. The summed E-state index contributed by atoms with van der Waals surface area (Å²) in [5, 5.41) is 0. The van der Waals surface area contributed by atoms with Gasteiger partial charge >= 0.3 is 0 Å². The van der Waals surface area contributed by atoms with E-state index in [1.807, 2.05) is 18.2 Å². The monoisotopic (exact) mass is 244 g/mol. The van der Waals surface area contributed by atoms with Crippen LogP contribution in [0.2, 0.25) is 0 Å². The number of hydrazine groups is 1. The number of hydrogen-bond acceptors (Lipinski definition) is 3. The van der Waals surface area contributed by atoms with Crippen LogP contribution in [0.1, 0.15) is 30.1 Å². The number of carbonyl (C=O) groups excluding carboxylic acids is 2. The van der Waals surface area contributed by atoms with Crippen LogP contribution in [-0.4, -0.2) is 11.7 Å². The lowest BCUT2D eigenvalue weighted by atomic mass is 10.1. The van der Waals surface area contributed by atoms with E-state index < -0.39 is 0 Å². The van der Waals surface area contributed by atoms with Crippen molar-refractivity contribution in [3.05, 3.63) is 47.7 Å². The maximum atomic E-state index is 11.8. The summed E-state index contributed by atoms with van der Waals surface area (Å²) in [5.74, 6) is 0.0614. The number of benzene rings is 1. The summed E-state index contributed by atoms with van der Waals surface area (Å²) in [6, 6.07) is 9.02. The Bertz CT molecular complexity index is 476. The first kappa shape index (κ1) is 12.4. The first-order valence-corrected chi connectivity index (χ1v) is 6.00. The fraction of sp³-hybridized carbons (Fsp3) is 0.286. The molecule has 0 bridgehead atoms. The Morgan fingerprint density at radius 1 is 1.17 bits per heavy atom. The molecule has 0 spiro atoms. The van der Waals surface area contributed by atoms with Crippen molar-refractivity contribution in [1.29, 1.82) is 0 Å². The van der Waals surface area contributed by atoms with Gasteiger partial charge in [0.15, 0.2) is 5.78 Å². The lowest BCUT2D eigenvalue weighted by molar-refractivity contribution is -0.123. The lowest BCUT2D eigenvalue weighted by Crippen LogP contribution is -2.37. The van der Waals surface area contributed by atoms with Crippen molar-refractivity contribution in [1.82, 2.24) is 10.9 Å². The number of hydrogen-bond donors (Lipinski definition) is 2. The van der Waals surface area contributed by atoms with Crippen LogP contribution in [0.4, 0.5) is 0 Å². The molecule has 0 heterocycles. The molecule has 1 aliphatic rings. The molecule has 2 rings (SSSR count). The molecule has 0 aliphatic heterocycles. The van der Waals surface area contributed by atoms with E-state index in [9.17, 15) is 9.59 Å². The molecule has 4 heteroatoms. The number of ketones is 1. The Kier molecular flexibility index (Phi) is 3.77. The van der Waals surface area contributed by atoms with Crippen molar-refractivity contribution in [2.45, 2.75) is 19.8 Å². The Balaban J connectivity index is 1.87. The van der Waals surface area contributed by atoms with Gasteiger partial charge in [-0.05, 0) is 19.8 Å². The number of allylic oxidation sites excluding steroid dienone is 2. The third-order valence-electron chi connectivity index (χ3n) is 2.74. The average Bonchev–Trinajstić information content (AvgIpc) is 3.21. The van der Waals surface area contributed by atoms with Crippen molar-refractivity contribution in [2.24, 2.45) is 5.92 Å². The van der Waals surface area contributed by atoms with Gasteiger partial charge < -0.3 is 5.43 Å². The van der Waals surface area contributed by atoms with Gasteiger partial charge in [0.05, 0.1) is 0 Å². The Labute approximate surface area is 106 Å². The SMILES string of the molecule is C/C(=C/C(=O)c1ccccc1)NNC(=O)C1CC1. The van der Waals surface area contributed by atoms with Gasteiger partial charge in [-0.1, -0.05) is 30.3 Å². The molecule has 0 aromatic heterocycles. The summed E-state index contributed by atoms with van der Waals surface area (Å²) in [6.07, 6.45) is 3.39. The van der Waals surface area contributed by atoms with Gasteiger partial charge in [-0.25, -0.2) is 0 Å². The van der Waals surface area contributed by atoms with Crippen molar-refractivity contribution in [3.8, 4) is 0 Å². The Hall–Kier alpha value is -2.10. The van der Waals surface area contributed by atoms with Gasteiger partial charge in [-0.2, -0.15) is 0 Å². The fourth-order valence-electron chi connectivity index (χ4n) is 1.53. The molecule has 1 fully saturated rings. The number of rotatable bonds is 5. The summed E-state index contributed by atoms with van der Waals surface area (Å²) in [7, 11) is 0. The highest BCUT2D eigenvalue weighted by Crippen LogP contribution is 2.28.